The fraction of sp³-hybridized carbons (Fsp3) is 0.538. The van der Waals surface area contributed by atoms with Gasteiger partial charge in [-0.05, 0) is 130 Å². The molecule has 6 amide bonds. The number of carbonyl (C=O) groups excluding carboxylic acids is 6. The van der Waals surface area contributed by atoms with Gasteiger partial charge >= 0.3 is 0 Å². The number of likely N-dealkylation sites (N-methyl/N-ethyl adjacent to an activating group) is 1. The average Bonchev–Trinajstić information content (AvgIpc) is 3.90. The number of carbonyl (C=O) groups is 6. The Morgan fingerprint density at radius 1 is 0.866 bits per heavy atom. The Morgan fingerprint density at radius 3 is 2.34 bits per heavy atom. The number of likely N-dealkylation sites (tertiary alicyclic amines) is 1. The molecule has 0 aromatic heterocycles. The van der Waals surface area contributed by atoms with E-state index >= 15 is 14.0 Å². The molecular weight excluding hydrogens is 895 g/mol. The van der Waals surface area contributed by atoms with Crippen LogP contribution in [0.2, 0.25) is 10.0 Å². The predicted molar refractivity (Wildman–Crippen MR) is 252 cm³/mol. The summed E-state index contributed by atoms with van der Waals surface area (Å²) in [5, 5.41) is 12.7. The molecule has 2 saturated heterocycles. The molecule has 2 bridgehead atoms. The van der Waals surface area contributed by atoms with E-state index < -0.39 is 51.6 Å². The minimum Gasteiger partial charge on any atom is -0.356 e. The molecule has 12 nitrogen and oxygen atoms in total. The Bertz CT molecular complexity index is 2540. The number of imide groups is 1. The van der Waals surface area contributed by atoms with E-state index in [1.807, 2.05) is 25.1 Å². The van der Waals surface area contributed by atoms with Crippen molar-refractivity contribution in [1.29, 1.82) is 0 Å². The topological polar surface area (TPSA) is 157 Å². The van der Waals surface area contributed by atoms with Crippen LogP contribution in [0.1, 0.15) is 148 Å². The third-order valence-electron chi connectivity index (χ3n) is 17.2. The summed E-state index contributed by atoms with van der Waals surface area (Å²) in [5.74, 6) is -2.81. The van der Waals surface area contributed by atoms with Crippen molar-refractivity contribution in [3.8, 4) is 0 Å². The number of nitrogens with zero attached hydrogens (tertiary/aromatic N) is 2. The minimum absolute atomic E-state index is 0.0580. The van der Waals surface area contributed by atoms with Crippen molar-refractivity contribution in [2.24, 2.45) is 5.41 Å². The Labute approximate surface area is 400 Å². The van der Waals surface area contributed by atoms with Gasteiger partial charge in [0.05, 0.1) is 11.1 Å². The van der Waals surface area contributed by atoms with Crippen molar-refractivity contribution in [2.75, 3.05) is 18.4 Å². The van der Waals surface area contributed by atoms with Crippen molar-refractivity contribution in [3.63, 3.8) is 0 Å². The maximum Gasteiger partial charge on any atom is 0.255 e. The van der Waals surface area contributed by atoms with Crippen LogP contribution in [0.25, 0.3) is 0 Å². The second-order valence-electron chi connectivity index (χ2n) is 20.4. The average molecular weight is 954 g/mol. The van der Waals surface area contributed by atoms with Gasteiger partial charge in [-0.1, -0.05) is 86.1 Å². The monoisotopic (exact) mass is 952 g/mol. The summed E-state index contributed by atoms with van der Waals surface area (Å²) in [5.41, 5.74) is 1.12. The van der Waals surface area contributed by atoms with Gasteiger partial charge < -0.3 is 20.9 Å². The SMILES string of the molecule is CCN1[C@@H](C(=O)NC23CCC(C(=O)NCCCCCc4cccc5c4CN(C4CCC(=O)NC4=O)C5=O)(CC2)CC3)[C@H](c2cccc(Cl)c2F)[C@]2(C(=O)Nc3cc(Cl)ccc32)C12CCCCC2. The van der Waals surface area contributed by atoms with Crippen LogP contribution in [0, 0.1) is 11.2 Å². The molecule has 3 aromatic rings. The first-order chi connectivity index (χ1) is 32.3. The van der Waals surface area contributed by atoms with Gasteiger partial charge in [0, 0.05) is 58.2 Å². The lowest BCUT2D eigenvalue weighted by molar-refractivity contribution is -0.141. The molecule has 4 atom stereocenters. The van der Waals surface area contributed by atoms with E-state index in [0.717, 1.165) is 61.6 Å². The second kappa shape index (κ2) is 17.6. The van der Waals surface area contributed by atoms with E-state index in [1.165, 1.54) is 6.07 Å². The van der Waals surface area contributed by atoms with E-state index in [4.69, 9.17) is 23.2 Å². The number of aryl methyl sites for hydroxylation is 1. The summed E-state index contributed by atoms with van der Waals surface area (Å²) in [6.07, 6.45) is 11.8. The number of nitrogens with one attached hydrogen (secondary N) is 4. The number of rotatable bonds is 12. The molecule has 3 aromatic carbocycles. The zero-order valence-electron chi connectivity index (χ0n) is 38.0. The Kier molecular flexibility index (Phi) is 12.1. The number of benzene rings is 3. The van der Waals surface area contributed by atoms with E-state index in [0.29, 0.717) is 93.7 Å². The van der Waals surface area contributed by atoms with E-state index in [2.05, 4.69) is 26.2 Å². The van der Waals surface area contributed by atoms with Crippen LogP contribution in [0.3, 0.4) is 0 Å². The third kappa shape index (κ3) is 7.30. The molecule has 4 heterocycles. The maximum atomic E-state index is 16.7. The molecule has 2 spiro atoms. The smallest absolute Gasteiger partial charge is 0.255 e. The van der Waals surface area contributed by atoms with Crippen LogP contribution in [0.4, 0.5) is 10.1 Å². The fourth-order valence-electron chi connectivity index (χ4n) is 14.0. The van der Waals surface area contributed by atoms with Gasteiger partial charge in [-0.15, -0.1) is 0 Å². The Balaban J connectivity index is 0.798. The lowest BCUT2D eigenvalue weighted by atomic mass is 9.55. The van der Waals surface area contributed by atoms with Gasteiger partial charge in [0.15, 0.2) is 0 Å². The summed E-state index contributed by atoms with van der Waals surface area (Å²) in [6.45, 7) is 3.42. The first kappa shape index (κ1) is 45.9. The highest BCUT2D eigenvalue weighted by molar-refractivity contribution is 6.31. The van der Waals surface area contributed by atoms with Crippen LogP contribution in [0.5, 0.6) is 0 Å². The molecule has 15 heteroatoms. The molecule has 4 saturated carbocycles. The minimum atomic E-state index is -1.30. The molecule has 0 radical (unpaired) electrons. The highest BCUT2D eigenvalue weighted by Gasteiger charge is 2.75. The number of piperidine rings is 1. The molecule has 1 unspecified atom stereocenters. The molecule has 4 aliphatic carbocycles. The standard InChI is InChI=1S/C52H59Cl2FN6O6/c1-2-61-43(41(34-14-10-15-37(54)42(34)55)52(51(61)20-6-4-7-21-51)36-17-16-32(53)29-38(36)57-48(52)67)45(64)59-50-25-22-49(23-26-50,24-27-50)47(66)56-28-8-3-5-11-31-12-9-13-33-35(31)30-60(46(33)65)39-18-19-40(62)58-44(39)63/h9-10,12-17,29,39,41,43H,2-8,11,18-28,30H2,1H3,(H,56,66)(H,57,67)(H,59,64)(H,58,62,63)/t39?,41-,43+,49?,50?,52+/m0/s1. The largest absolute Gasteiger partial charge is 0.356 e. The normalized spacial score (nSPS) is 29.6. The zero-order valence-corrected chi connectivity index (χ0v) is 39.6. The molecule has 4 aliphatic heterocycles. The number of unbranched alkanes of at least 4 members (excludes halogenated alkanes) is 2. The predicted octanol–water partition coefficient (Wildman–Crippen LogP) is 8.01. The number of amides is 6. The zero-order chi connectivity index (χ0) is 46.9. The van der Waals surface area contributed by atoms with Gasteiger partial charge in [0.1, 0.15) is 17.3 Å². The first-order valence-electron chi connectivity index (χ1n) is 24.5. The van der Waals surface area contributed by atoms with Crippen LogP contribution >= 0.6 is 23.2 Å². The first-order valence-corrected chi connectivity index (χ1v) is 25.2. The molecule has 11 rings (SSSR count). The van der Waals surface area contributed by atoms with E-state index in [9.17, 15) is 19.2 Å². The number of halogens is 3. The van der Waals surface area contributed by atoms with Crippen LogP contribution < -0.4 is 21.3 Å². The molecule has 8 aliphatic rings. The Morgan fingerprint density at radius 2 is 1.61 bits per heavy atom. The molecule has 4 N–H and O–H groups in total. The van der Waals surface area contributed by atoms with Crippen molar-refractivity contribution >= 4 is 64.3 Å². The van der Waals surface area contributed by atoms with Crippen LogP contribution in [0.15, 0.2) is 54.6 Å². The van der Waals surface area contributed by atoms with Crippen molar-refractivity contribution in [1.82, 2.24) is 25.8 Å². The van der Waals surface area contributed by atoms with Crippen molar-refractivity contribution in [3.05, 3.63) is 98.3 Å². The lowest BCUT2D eigenvalue weighted by Crippen LogP contribution is -2.63. The van der Waals surface area contributed by atoms with E-state index in [1.54, 1.807) is 35.2 Å². The maximum absolute atomic E-state index is 16.7. The van der Waals surface area contributed by atoms with Crippen molar-refractivity contribution in [2.45, 2.75) is 157 Å². The summed E-state index contributed by atoms with van der Waals surface area (Å²) in [6, 6.07) is 14.5. The molecule has 67 heavy (non-hydrogen) atoms. The summed E-state index contributed by atoms with van der Waals surface area (Å²) < 4.78 is 16.7. The molecule has 6 fully saturated rings. The highest BCUT2D eigenvalue weighted by atomic mass is 35.5. The van der Waals surface area contributed by atoms with Gasteiger partial charge in [-0.3, -0.25) is 39.0 Å². The summed E-state index contributed by atoms with van der Waals surface area (Å²) in [4.78, 5) is 85.7. The quantitative estimate of drug-likeness (QED) is 0.106. The van der Waals surface area contributed by atoms with Gasteiger partial charge in [0.25, 0.3) is 5.91 Å². The Hall–Kier alpha value is -4.85. The summed E-state index contributed by atoms with van der Waals surface area (Å²) in [7, 11) is 0. The van der Waals surface area contributed by atoms with Crippen molar-refractivity contribution < 1.29 is 33.2 Å². The number of hydrogen-bond acceptors (Lipinski definition) is 7. The number of anilines is 1. The van der Waals surface area contributed by atoms with Gasteiger partial charge in [-0.25, -0.2) is 4.39 Å². The van der Waals surface area contributed by atoms with Gasteiger partial charge in [0.2, 0.25) is 29.5 Å². The number of fused-ring (bicyclic) bond motifs is 7. The third-order valence-corrected chi connectivity index (χ3v) is 17.8. The lowest BCUT2D eigenvalue weighted by Gasteiger charge is -2.53. The highest BCUT2D eigenvalue weighted by Crippen LogP contribution is 2.66. The summed E-state index contributed by atoms with van der Waals surface area (Å²) >= 11 is 13.0. The van der Waals surface area contributed by atoms with Crippen LogP contribution in [-0.4, -0.2) is 81.5 Å². The number of hydrogen-bond donors (Lipinski definition) is 4. The second-order valence-corrected chi connectivity index (χ2v) is 21.2. The molecule has 354 valence electrons. The van der Waals surface area contributed by atoms with E-state index in [-0.39, 0.29) is 46.5 Å². The fourth-order valence-corrected chi connectivity index (χ4v) is 14.3. The molecular formula is C52H59Cl2FN6O6. The van der Waals surface area contributed by atoms with Gasteiger partial charge in [-0.2, -0.15) is 0 Å². The van der Waals surface area contributed by atoms with Crippen LogP contribution in [-0.2, 0) is 42.4 Å².